The summed E-state index contributed by atoms with van der Waals surface area (Å²) in [5.41, 5.74) is 0. The van der Waals surface area contributed by atoms with Crippen molar-refractivity contribution in [2.75, 3.05) is 13.2 Å². The Hall–Kier alpha value is -0.480. The summed E-state index contributed by atoms with van der Waals surface area (Å²) in [5.74, 6) is 0. The summed E-state index contributed by atoms with van der Waals surface area (Å²) in [6, 6.07) is 0. The molecular weight excluding hydrogens is 336 g/mol. The second-order valence-corrected chi connectivity index (χ2v) is 5.44. The third-order valence-corrected chi connectivity index (χ3v) is 3.68. The SMILES string of the molecule is OCC(O)[C@@H]1O[C@@H](O)[C@@H](O)[C@@H]1O.OCC(O)[C@H]1O[C@H](O)[C@H](O)[C@H]1O. The lowest BCUT2D eigenvalue weighted by atomic mass is 10.1. The van der Waals surface area contributed by atoms with Gasteiger partial charge in [0.05, 0.1) is 13.2 Å². The van der Waals surface area contributed by atoms with Gasteiger partial charge in [-0.05, 0) is 0 Å². The number of hydrogen-bond donors (Lipinski definition) is 10. The standard InChI is InChI=1S/2C6H12O6/c2*7-1-2(8)5-3(9)4(10)6(11)12-5/h2*2-11H,1H2/t2*2?,3-,4-,5-,6+/m10/s1. The average molecular weight is 360 g/mol. The van der Waals surface area contributed by atoms with E-state index in [4.69, 9.17) is 51.1 Å². The molecule has 0 aromatic heterocycles. The molecule has 2 saturated heterocycles. The van der Waals surface area contributed by atoms with Crippen molar-refractivity contribution in [3.63, 3.8) is 0 Å². The lowest BCUT2D eigenvalue weighted by Gasteiger charge is -2.18. The lowest BCUT2D eigenvalue weighted by Crippen LogP contribution is -2.40. The van der Waals surface area contributed by atoms with E-state index in [2.05, 4.69) is 9.47 Å². The van der Waals surface area contributed by atoms with Gasteiger partial charge in [-0.25, -0.2) is 0 Å². The van der Waals surface area contributed by atoms with Crippen LogP contribution in [0.25, 0.3) is 0 Å². The largest absolute Gasteiger partial charge is 0.394 e. The van der Waals surface area contributed by atoms with Gasteiger partial charge in [0.1, 0.15) is 48.8 Å². The molecule has 2 heterocycles. The third-order valence-electron chi connectivity index (χ3n) is 3.68. The van der Waals surface area contributed by atoms with E-state index in [1.165, 1.54) is 0 Å². The number of ether oxygens (including phenoxy) is 2. The van der Waals surface area contributed by atoms with Crippen molar-refractivity contribution >= 4 is 0 Å². The van der Waals surface area contributed by atoms with Crippen molar-refractivity contribution in [2.24, 2.45) is 0 Å². The second kappa shape index (κ2) is 9.28. The van der Waals surface area contributed by atoms with Gasteiger partial charge in [-0.2, -0.15) is 0 Å². The Morgan fingerprint density at radius 1 is 0.583 bits per heavy atom. The molecule has 0 amide bonds. The number of aliphatic hydroxyl groups excluding tert-OH is 10. The molecule has 0 spiro atoms. The van der Waals surface area contributed by atoms with Crippen molar-refractivity contribution in [3.8, 4) is 0 Å². The first kappa shape index (κ1) is 21.6. The molecule has 0 aliphatic carbocycles. The van der Waals surface area contributed by atoms with Gasteiger partial charge in [0.15, 0.2) is 12.6 Å². The fraction of sp³-hybridized carbons (Fsp3) is 1.00. The molecule has 0 aromatic carbocycles. The number of rotatable bonds is 4. The van der Waals surface area contributed by atoms with E-state index in [1.807, 2.05) is 0 Å². The van der Waals surface area contributed by atoms with Crippen LogP contribution in [0.15, 0.2) is 0 Å². The summed E-state index contributed by atoms with van der Waals surface area (Å²) < 4.78 is 9.17. The van der Waals surface area contributed by atoms with Crippen molar-refractivity contribution < 1.29 is 60.5 Å². The minimum Gasteiger partial charge on any atom is -0.394 e. The molecule has 24 heavy (non-hydrogen) atoms. The molecule has 12 heteroatoms. The summed E-state index contributed by atoms with van der Waals surface area (Å²) in [5, 5.41) is 88.9. The maximum Gasteiger partial charge on any atom is 0.184 e. The Labute approximate surface area is 136 Å². The van der Waals surface area contributed by atoms with E-state index in [1.54, 1.807) is 0 Å². The quantitative estimate of drug-likeness (QED) is 0.226. The minimum absolute atomic E-state index is 0.596. The monoisotopic (exact) mass is 360 g/mol. The number of hydrogen-bond acceptors (Lipinski definition) is 12. The molecule has 2 fully saturated rings. The van der Waals surface area contributed by atoms with Gasteiger partial charge in [0.2, 0.25) is 0 Å². The average Bonchev–Trinajstić information content (AvgIpc) is 2.98. The summed E-state index contributed by atoms with van der Waals surface area (Å²) in [7, 11) is 0. The minimum atomic E-state index is -1.51. The number of aliphatic hydroxyl groups is 10. The van der Waals surface area contributed by atoms with E-state index < -0.39 is 74.6 Å². The molecule has 2 aliphatic rings. The molecule has 144 valence electrons. The van der Waals surface area contributed by atoms with Gasteiger partial charge in [-0.15, -0.1) is 0 Å². The molecule has 0 radical (unpaired) electrons. The van der Waals surface area contributed by atoms with Crippen molar-refractivity contribution in [1.82, 2.24) is 0 Å². The van der Waals surface area contributed by atoms with E-state index in [-0.39, 0.29) is 0 Å². The van der Waals surface area contributed by atoms with Crippen LogP contribution in [0.4, 0.5) is 0 Å². The maximum atomic E-state index is 9.12. The van der Waals surface area contributed by atoms with E-state index in [0.29, 0.717) is 0 Å². The Kier molecular flexibility index (Phi) is 8.34. The molecule has 2 unspecified atom stereocenters. The van der Waals surface area contributed by atoms with Crippen LogP contribution in [0.3, 0.4) is 0 Å². The van der Waals surface area contributed by atoms with Gasteiger partial charge in [-0.1, -0.05) is 0 Å². The fourth-order valence-corrected chi connectivity index (χ4v) is 2.21. The van der Waals surface area contributed by atoms with E-state index in [9.17, 15) is 0 Å². The van der Waals surface area contributed by atoms with Crippen LogP contribution in [0.5, 0.6) is 0 Å². The predicted molar refractivity (Wildman–Crippen MR) is 72.0 cm³/mol. The Morgan fingerprint density at radius 2 is 0.875 bits per heavy atom. The molecule has 2 aliphatic heterocycles. The first-order valence-corrected chi connectivity index (χ1v) is 7.12. The molecule has 12 nitrogen and oxygen atoms in total. The van der Waals surface area contributed by atoms with Gasteiger partial charge < -0.3 is 60.5 Å². The summed E-state index contributed by atoms with van der Waals surface area (Å²) in [4.78, 5) is 0. The zero-order chi connectivity index (χ0) is 18.6. The molecule has 0 bridgehead atoms. The van der Waals surface area contributed by atoms with E-state index >= 15 is 0 Å². The van der Waals surface area contributed by atoms with Crippen molar-refractivity contribution in [1.29, 1.82) is 0 Å². The molecule has 0 aromatic rings. The highest BCUT2D eigenvalue weighted by atomic mass is 16.7. The summed E-state index contributed by atoms with van der Waals surface area (Å²) in [6.45, 7) is -1.19. The van der Waals surface area contributed by atoms with Crippen molar-refractivity contribution in [2.45, 2.75) is 61.4 Å². The Morgan fingerprint density at radius 3 is 1.04 bits per heavy atom. The fourth-order valence-electron chi connectivity index (χ4n) is 2.21. The van der Waals surface area contributed by atoms with Crippen LogP contribution in [-0.4, -0.2) is 126 Å². The van der Waals surface area contributed by atoms with Crippen LogP contribution < -0.4 is 0 Å². The van der Waals surface area contributed by atoms with Crippen LogP contribution in [0, 0.1) is 0 Å². The third kappa shape index (κ3) is 4.78. The summed E-state index contributed by atoms with van der Waals surface area (Å²) >= 11 is 0. The first-order valence-electron chi connectivity index (χ1n) is 7.12. The van der Waals surface area contributed by atoms with E-state index in [0.717, 1.165) is 0 Å². The molecule has 10 N–H and O–H groups in total. The van der Waals surface area contributed by atoms with Gasteiger partial charge in [0.25, 0.3) is 0 Å². The molecule has 2 rings (SSSR count). The zero-order valence-electron chi connectivity index (χ0n) is 12.5. The highest BCUT2D eigenvalue weighted by molar-refractivity contribution is 4.90. The molecular formula is C12H24O12. The zero-order valence-corrected chi connectivity index (χ0v) is 12.5. The topological polar surface area (TPSA) is 221 Å². The summed E-state index contributed by atoms with van der Waals surface area (Å²) in [6.07, 6.45) is -13.5. The highest BCUT2D eigenvalue weighted by Gasteiger charge is 2.45. The van der Waals surface area contributed by atoms with Crippen LogP contribution in [0.1, 0.15) is 0 Å². The van der Waals surface area contributed by atoms with Gasteiger partial charge in [0, 0.05) is 0 Å². The van der Waals surface area contributed by atoms with Crippen LogP contribution in [-0.2, 0) is 9.47 Å². The Balaban J connectivity index is 0.000000240. The smallest absolute Gasteiger partial charge is 0.184 e. The molecule has 0 saturated carbocycles. The normalized spacial score (nSPS) is 44.8. The van der Waals surface area contributed by atoms with Crippen LogP contribution >= 0.6 is 0 Å². The van der Waals surface area contributed by atoms with Gasteiger partial charge >= 0.3 is 0 Å². The molecule has 10 atom stereocenters. The van der Waals surface area contributed by atoms with Crippen LogP contribution in [0.2, 0.25) is 0 Å². The van der Waals surface area contributed by atoms with Crippen molar-refractivity contribution in [3.05, 3.63) is 0 Å². The maximum absolute atomic E-state index is 9.12. The highest BCUT2D eigenvalue weighted by Crippen LogP contribution is 2.22. The first-order chi connectivity index (χ1) is 11.1. The lowest BCUT2D eigenvalue weighted by molar-refractivity contribution is -0.150. The predicted octanol–water partition coefficient (Wildman–Crippen LogP) is -6.44. The second-order valence-electron chi connectivity index (χ2n) is 5.44. The Bertz CT molecular complexity index is 336. The van der Waals surface area contributed by atoms with Gasteiger partial charge in [-0.3, -0.25) is 0 Å².